The van der Waals surface area contributed by atoms with Gasteiger partial charge in [0.25, 0.3) is 0 Å². The number of carbonyl (C=O) groups is 1. The summed E-state index contributed by atoms with van der Waals surface area (Å²) in [5.41, 5.74) is 2.71. The summed E-state index contributed by atoms with van der Waals surface area (Å²) >= 11 is 0. The Morgan fingerprint density at radius 2 is 1.81 bits per heavy atom. The molecule has 0 spiro atoms. The molecule has 0 radical (unpaired) electrons. The zero-order valence-electron chi connectivity index (χ0n) is 15.5. The van der Waals surface area contributed by atoms with E-state index in [1.165, 1.54) is 24.3 Å². The van der Waals surface area contributed by atoms with Gasteiger partial charge in [-0.2, -0.15) is 13.2 Å². The molecule has 1 unspecified atom stereocenters. The van der Waals surface area contributed by atoms with Crippen molar-refractivity contribution in [2.75, 3.05) is 0 Å². The van der Waals surface area contributed by atoms with Gasteiger partial charge in [-0.3, -0.25) is 4.79 Å². The first kappa shape index (κ1) is 20.5. The summed E-state index contributed by atoms with van der Waals surface area (Å²) in [4.78, 5) is 12.2. The Bertz CT molecular complexity index is 866. The molecule has 0 aliphatic heterocycles. The molecular formula is C22H22F3NO. The fourth-order valence-electron chi connectivity index (χ4n) is 2.81. The lowest BCUT2D eigenvalue weighted by Gasteiger charge is -2.17. The van der Waals surface area contributed by atoms with E-state index in [9.17, 15) is 18.0 Å². The molecule has 0 saturated heterocycles. The summed E-state index contributed by atoms with van der Waals surface area (Å²) in [5.74, 6) is -0.368. The fourth-order valence-corrected chi connectivity index (χ4v) is 2.81. The first-order chi connectivity index (χ1) is 12.7. The zero-order valence-corrected chi connectivity index (χ0v) is 15.5. The van der Waals surface area contributed by atoms with Gasteiger partial charge in [-0.15, -0.1) is 0 Å². The number of halogens is 3. The lowest BCUT2D eigenvalue weighted by atomic mass is 9.96. The van der Waals surface area contributed by atoms with Crippen LogP contribution in [0.15, 0.2) is 54.6 Å². The van der Waals surface area contributed by atoms with Gasteiger partial charge in [-0.25, -0.2) is 0 Å². The van der Waals surface area contributed by atoms with Gasteiger partial charge in [0.15, 0.2) is 0 Å². The van der Waals surface area contributed by atoms with Crippen LogP contribution in [0.25, 0.3) is 12.2 Å². The van der Waals surface area contributed by atoms with Crippen LogP contribution in [-0.4, -0.2) is 5.91 Å². The predicted octanol–water partition coefficient (Wildman–Crippen LogP) is 5.94. The van der Waals surface area contributed by atoms with E-state index < -0.39 is 11.7 Å². The normalized spacial score (nSPS) is 13.3. The molecule has 0 aliphatic carbocycles. The molecule has 2 nitrogen and oxygen atoms in total. The molecule has 0 heterocycles. The first-order valence-electron chi connectivity index (χ1n) is 8.60. The lowest BCUT2D eigenvalue weighted by Crippen LogP contribution is -2.25. The van der Waals surface area contributed by atoms with E-state index in [2.05, 4.69) is 5.32 Å². The van der Waals surface area contributed by atoms with Crippen molar-refractivity contribution in [3.8, 4) is 0 Å². The number of allylic oxidation sites excluding steroid dienone is 1. The molecule has 2 rings (SSSR count). The molecule has 0 fully saturated rings. The van der Waals surface area contributed by atoms with E-state index in [-0.39, 0.29) is 11.9 Å². The number of carbonyl (C=O) groups excluding carboxylic acids is 1. The second-order valence-corrected chi connectivity index (χ2v) is 6.26. The molecule has 0 bridgehead atoms. The highest BCUT2D eigenvalue weighted by Crippen LogP contribution is 2.29. The first-order valence-corrected chi connectivity index (χ1v) is 8.60. The number of hydrogen-bond acceptors (Lipinski definition) is 1. The minimum atomic E-state index is -4.41. The smallest absolute Gasteiger partial charge is 0.346 e. The van der Waals surface area contributed by atoms with Crippen LogP contribution in [0.1, 0.15) is 47.7 Å². The van der Waals surface area contributed by atoms with Crippen molar-refractivity contribution in [3.05, 3.63) is 82.4 Å². The number of rotatable bonds is 5. The quantitative estimate of drug-likeness (QED) is 0.646. The Hall–Kier alpha value is -2.82. The van der Waals surface area contributed by atoms with Crippen molar-refractivity contribution in [1.82, 2.24) is 5.32 Å². The summed E-state index contributed by atoms with van der Waals surface area (Å²) in [5, 5.41) is 2.86. The van der Waals surface area contributed by atoms with Crippen LogP contribution in [0.2, 0.25) is 0 Å². The van der Waals surface area contributed by atoms with Crippen molar-refractivity contribution in [2.45, 2.75) is 33.0 Å². The van der Waals surface area contributed by atoms with Gasteiger partial charge < -0.3 is 5.32 Å². The number of alkyl halides is 3. The van der Waals surface area contributed by atoms with Crippen LogP contribution in [0, 0.1) is 6.92 Å². The zero-order chi connectivity index (χ0) is 20.0. The van der Waals surface area contributed by atoms with Gasteiger partial charge in [0, 0.05) is 6.08 Å². The van der Waals surface area contributed by atoms with E-state index in [0.29, 0.717) is 5.56 Å². The Morgan fingerprint density at radius 1 is 1.11 bits per heavy atom. The van der Waals surface area contributed by atoms with Gasteiger partial charge in [-0.1, -0.05) is 42.5 Å². The monoisotopic (exact) mass is 373 g/mol. The number of amides is 1. The molecule has 1 N–H and O–H groups in total. The average molecular weight is 373 g/mol. The minimum Gasteiger partial charge on any atom is -0.346 e. The molecule has 0 saturated carbocycles. The van der Waals surface area contributed by atoms with Gasteiger partial charge >= 0.3 is 6.18 Å². The van der Waals surface area contributed by atoms with Gasteiger partial charge in [-0.05, 0) is 61.2 Å². The van der Waals surface area contributed by atoms with Crippen LogP contribution in [0.3, 0.4) is 0 Å². The van der Waals surface area contributed by atoms with Crippen molar-refractivity contribution in [1.29, 1.82) is 0 Å². The largest absolute Gasteiger partial charge is 0.416 e. The average Bonchev–Trinajstić information content (AvgIpc) is 2.61. The summed E-state index contributed by atoms with van der Waals surface area (Å²) < 4.78 is 38.3. The van der Waals surface area contributed by atoms with Crippen molar-refractivity contribution in [2.24, 2.45) is 0 Å². The molecule has 1 amide bonds. The van der Waals surface area contributed by atoms with Gasteiger partial charge in [0.1, 0.15) is 0 Å². The molecule has 142 valence electrons. The van der Waals surface area contributed by atoms with Gasteiger partial charge in [0.2, 0.25) is 5.91 Å². The highest BCUT2D eigenvalue weighted by Gasteiger charge is 2.30. The second-order valence-electron chi connectivity index (χ2n) is 6.26. The molecule has 1 atom stereocenters. The van der Waals surface area contributed by atoms with E-state index in [1.54, 1.807) is 0 Å². The van der Waals surface area contributed by atoms with Crippen molar-refractivity contribution >= 4 is 18.1 Å². The van der Waals surface area contributed by atoms with Crippen molar-refractivity contribution < 1.29 is 18.0 Å². The standard InChI is InChI=1S/C22H22F3NO/c1-4-7-19-15(2)8-5-11-20(19)16(3)26-21(27)13-12-17-9-6-10-18(14-17)22(23,24)25/h4-14,16H,1-3H3,(H,26,27)/b7-4-,13-12+. The van der Waals surface area contributed by atoms with Crippen molar-refractivity contribution in [3.63, 3.8) is 0 Å². The summed E-state index contributed by atoms with van der Waals surface area (Å²) in [6.45, 7) is 5.80. The van der Waals surface area contributed by atoms with E-state index in [0.717, 1.165) is 28.8 Å². The number of hydrogen-bond donors (Lipinski definition) is 1. The van der Waals surface area contributed by atoms with Crippen LogP contribution >= 0.6 is 0 Å². The Balaban J connectivity index is 2.12. The topological polar surface area (TPSA) is 29.1 Å². The molecule has 0 aliphatic rings. The molecule has 2 aromatic carbocycles. The molecule has 27 heavy (non-hydrogen) atoms. The molecular weight excluding hydrogens is 351 g/mol. The molecule has 0 aromatic heterocycles. The van der Waals surface area contributed by atoms with Crippen LogP contribution in [0.4, 0.5) is 13.2 Å². The molecule has 2 aromatic rings. The highest BCUT2D eigenvalue weighted by atomic mass is 19.4. The SMILES string of the molecule is C/C=C\c1c(C)cccc1C(C)NC(=O)/C=C/c1cccc(C(F)(F)F)c1. The Morgan fingerprint density at radius 3 is 2.48 bits per heavy atom. The van der Waals surface area contributed by atoms with E-state index in [1.807, 2.05) is 51.1 Å². The maximum atomic E-state index is 12.8. The summed E-state index contributed by atoms with van der Waals surface area (Å²) in [6.07, 6.45) is 2.15. The second kappa shape index (κ2) is 8.71. The summed E-state index contributed by atoms with van der Waals surface area (Å²) in [6, 6.07) is 10.5. The molecule has 5 heteroatoms. The predicted molar refractivity (Wildman–Crippen MR) is 103 cm³/mol. The van der Waals surface area contributed by atoms with E-state index in [4.69, 9.17) is 0 Å². The van der Waals surface area contributed by atoms with E-state index >= 15 is 0 Å². The Labute approximate surface area is 157 Å². The number of benzene rings is 2. The third kappa shape index (κ3) is 5.58. The number of aryl methyl sites for hydroxylation is 1. The minimum absolute atomic E-state index is 0.241. The fraction of sp³-hybridized carbons (Fsp3) is 0.227. The maximum absolute atomic E-state index is 12.8. The number of nitrogens with one attached hydrogen (secondary N) is 1. The van der Waals surface area contributed by atoms with Crippen LogP contribution in [-0.2, 0) is 11.0 Å². The Kier molecular flexibility index (Phi) is 6.61. The third-order valence-corrected chi connectivity index (χ3v) is 4.16. The van der Waals surface area contributed by atoms with Gasteiger partial charge in [0.05, 0.1) is 11.6 Å². The lowest BCUT2D eigenvalue weighted by molar-refractivity contribution is -0.137. The summed E-state index contributed by atoms with van der Waals surface area (Å²) in [7, 11) is 0. The van der Waals surface area contributed by atoms with Crippen LogP contribution < -0.4 is 5.32 Å². The highest BCUT2D eigenvalue weighted by molar-refractivity contribution is 5.92. The third-order valence-electron chi connectivity index (χ3n) is 4.16. The maximum Gasteiger partial charge on any atom is 0.416 e. The van der Waals surface area contributed by atoms with Crippen LogP contribution in [0.5, 0.6) is 0 Å².